The molecule has 0 aromatic heterocycles. The van der Waals surface area contributed by atoms with E-state index in [1.54, 1.807) is 0 Å². The summed E-state index contributed by atoms with van der Waals surface area (Å²) in [5, 5.41) is 1.24. The first-order chi connectivity index (χ1) is 17.6. The Bertz CT molecular complexity index is 1020. The minimum atomic E-state index is -0.680. The van der Waals surface area contributed by atoms with Crippen molar-refractivity contribution >= 4 is 10.8 Å². The topological polar surface area (TPSA) is 0 Å². The highest BCUT2D eigenvalue weighted by Gasteiger charge is 2.30. The predicted molar refractivity (Wildman–Crippen MR) is 150 cm³/mol. The first-order valence-corrected chi connectivity index (χ1v) is 14.8. The van der Waals surface area contributed by atoms with Crippen LogP contribution >= 0.6 is 0 Å². The zero-order chi connectivity index (χ0) is 25.3. The first kappa shape index (κ1) is 27.1. The normalized spacial score (nSPS) is 25.3. The van der Waals surface area contributed by atoms with Gasteiger partial charge in [0.15, 0.2) is 11.6 Å². The minimum Gasteiger partial charge on any atom is -0.203 e. The Kier molecular flexibility index (Phi) is 10.2. The van der Waals surface area contributed by atoms with Gasteiger partial charge in [0.05, 0.1) is 0 Å². The van der Waals surface area contributed by atoms with Gasteiger partial charge in [-0.25, -0.2) is 8.78 Å². The summed E-state index contributed by atoms with van der Waals surface area (Å²) in [6.45, 7) is 4.20. The maximum absolute atomic E-state index is 14.9. The van der Waals surface area contributed by atoms with E-state index < -0.39 is 11.6 Å². The molecule has 0 nitrogen and oxygen atoms in total. The molecule has 2 aromatic rings. The molecule has 0 heterocycles. The van der Waals surface area contributed by atoms with Crippen molar-refractivity contribution in [3.63, 3.8) is 0 Å². The first-order valence-electron chi connectivity index (χ1n) is 14.8. The van der Waals surface area contributed by atoms with Crippen LogP contribution in [0, 0.1) is 35.3 Å². The molecule has 0 spiro atoms. The van der Waals surface area contributed by atoms with Gasteiger partial charge in [-0.1, -0.05) is 62.6 Å². The summed E-state index contributed by atoms with van der Waals surface area (Å²) in [7, 11) is 0. The SMILES string of the molecule is C/C=C/CCc1cc2ccc(CCC3CCC(C4CCC(/C=C/CCC)CC4)CC3)cc2c(F)c1F. The van der Waals surface area contributed by atoms with Crippen molar-refractivity contribution in [2.75, 3.05) is 0 Å². The minimum absolute atomic E-state index is 0.434. The summed E-state index contributed by atoms with van der Waals surface area (Å²) in [5.74, 6) is 2.13. The molecule has 0 unspecified atom stereocenters. The highest BCUT2D eigenvalue weighted by Crippen LogP contribution is 2.42. The quantitative estimate of drug-likeness (QED) is 0.289. The Labute approximate surface area is 218 Å². The van der Waals surface area contributed by atoms with Gasteiger partial charge >= 0.3 is 0 Å². The fourth-order valence-corrected chi connectivity index (χ4v) is 6.76. The van der Waals surface area contributed by atoms with Gasteiger partial charge in [-0.3, -0.25) is 0 Å². The largest absolute Gasteiger partial charge is 0.203 e. The van der Waals surface area contributed by atoms with Gasteiger partial charge in [0.25, 0.3) is 0 Å². The van der Waals surface area contributed by atoms with Crippen LogP contribution in [0.2, 0.25) is 0 Å². The summed E-state index contributed by atoms with van der Waals surface area (Å²) >= 11 is 0. The van der Waals surface area contributed by atoms with Gasteiger partial charge in [0.1, 0.15) is 0 Å². The van der Waals surface area contributed by atoms with Crippen LogP contribution in [0.3, 0.4) is 0 Å². The van der Waals surface area contributed by atoms with Crippen LogP contribution < -0.4 is 0 Å². The molecule has 0 bridgehead atoms. The van der Waals surface area contributed by atoms with Crippen molar-refractivity contribution in [2.24, 2.45) is 23.7 Å². The van der Waals surface area contributed by atoms with Crippen LogP contribution in [0.25, 0.3) is 10.8 Å². The van der Waals surface area contributed by atoms with Crippen LogP contribution in [0.15, 0.2) is 48.6 Å². The Morgan fingerprint density at radius 2 is 1.53 bits per heavy atom. The van der Waals surface area contributed by atoms with E-state index in [1.165, 1.54) is 70.6 Å². The maximum atomic E-state index is 14.9. The standard InChI is InChI=1S/C34H46F2/c1-3-5-7-9-25-13-18-28(19-14-25)29-20-15-26(16-21-29)11-12-27-17-22-30-24-31(10-8-6-4-2)33(35)34(36)32(30)23-27/h4,6-7,9,17,22-26,28-29H,3,5,8,10-16,18-21H2,1-2H3/b6-4+,9-7+. The number of halogens is 2. The van der Waals surface area contributed by atoms with E-state index >= 15 is 0 Å². The molecule has 196 valence electrons. The highest BCUT2D eigenvalue weighted by molar-refractivity contribution is 5.84. The van der Waals surface area contributed by atoms with E-state index in [2.05, 4.69) is 25.1 Å². The zero-order valence-corrected chi connectivity index (χ0v) is 22.6. The van der Waals surface area contributed by atoms with Crippen LogP contribution in [-0.4, -0.2) is 0 Å². The third-order valence-electron chi connectivity index (χ3n) is 9.05. The molecule has 0 amide bonds. The summed E-state index contributed by atoms with van der Waals surface area (Å²) in [5.41, 5.74) is 1.61. The third kappa shape index (κ3) is 7.08. The van der Waals surface area contributed by atoms with E-state index in [0.717, 1.165) is 47.5 Å². The van der Waals surface area contributed by atoms with Gasteiger partial charge in [-0.15, -0.1) is 0 Å². The monoisotopic (exact) mass is 492 g/mol. The Hall–Kier alpha value is -1.96. The van der Waals surface area contributed by atoms with Gasteiger partial charge in [-0.05, 0) is 130 Å². The molecule has 2 aromatic carbocycles. The summed E-state index contributed by atoms with van der Waals surface area (Å²) < 4.78 is 29.5. The lowest BCUT2D eigenvalue weighted by molar-refractivity contribution is 0.152. The number of hydrogen-bond acceptors (Lipinski definition) is 0. The van der Waals surface area contributed by atoms with Crippen molar-refractivity contribution < 1.29 is 8.78 Å². The average Bonchev–Trinajstić information content (AvgIpc) is 2.91. The fraction of sp³-hybridized carbons (Fsp3) is 0.588. The number of hydrogen-bond donors (Lipinski definition) is 0. The van der Waals surface area contributed by atoms with Gasteiger partial charge in [0.2, 0.25) is 0 Å². The predicted octanol–water partition coefficient (Wildman–Crippen LogP) is 10.5. The summed E-state index contributed by atoms with van der Waals surface area (Å²) in [6, 6.07) is 7.82. The Balaban J connectivity index is 1.25. The average molecular weight is 493 g/mol. The van der Waals surface area contributed by atoms with Crippen LogP contribution in [0.5, 0.6) is 0 Å². The molecule has 0 aliphatic heterocycles. The van der Waals surface area contributed by atoms with E-state index in [4.69, 9.17) is 0 Å². The van der Waals surface area contributed by atoms with Crippen LogP contribution in [0.4, 0.5) is 8.78 Å². The molecule has 2 fully saturated rings. The molecular weight excluding hydrogens is 446 g/mol. The molecule has 36 heavy (non-hydrogen) atoms. The third-order valence-corrected chi connectivity index (χ3v) is 9.05. The van der Waals surface area contributed by atoms with Crippen molar-refractivity contribution in [3.05, 3.63) is 71.3 Å². The molecule has 2 heteroatoms. The molecule has 0 atom stereocenters. The van der Waals surface area contributed by atoms with Gasteiger partial charge in [0, 0.05) is 5.39 Å². The molecule has 4 rings (SSSR count). The van der Waals surface area contributed by atoms with Crippen molar-refractivity contribution in [1.29, 1.82) is 0 Å². The summed E-state index contributed by atoms with van der Waals surface area (Å²) in [4.78, 5) is 0. The van der Waals surface area contributed by atoms with E-state index in [-0.39, 0.29) is 0 Å². The van der Waals surface area contributed by atoms with Crippen molar-refractivity contribution in [3.8, 4) is 0 Å². The second-order valence-corrected chi connectivity index (χ2v) is 11.5. The molecule has 0 saturated heterocycles. The number of allylic oxidation sites excluding steroid dienone is 4. The van der Waals surface area contributed by atoms with E-state index in [1.807, 2.05) is 37.3 Å². The molecule has 0 radical (unpaired) electrons. The van der Waals surface area contributed by atoms with Crippen LogP contribution in [0.1, 0.15) is 102 Å². The number of fused-ring (bicyclic) bond motifs is 1. The maximum Gasteiger partial charge on any atom is 0.166 e. The van der Waals surface area contributed by atoms with E-state index in [0.29, 0.717) is 17.4 Å². The lowest BCUT2D eigenvalue weighted by atomic mass is 9.68. The number of benzene rings is 2. The number of aryl methyl sites for hydroxylation is 2. The van der Waals surface area contributed by atoms with Crippen molar-refractivity contribution in [2.45, 2.75) is 104 Å². The lowest BCUT2D eigenvalue weighted by Gasteiger charge is -2.37. The number of unbranched alkanes of at least 4 members (excludes halogenated alkanes) is 1. The van der Waals surface area contributed by atoms with Gasteiger partial charge < -0.3 is 0 Å². The second kappa shape index (κ2) is 13.5. The zero-order valence-electron chi connectivity index (χ0n) is 22.6. The van der Waals surface area contributed by atoms with Crippen LogP contribution in [-0.2, 0) is 12.8 Å². The van der Waals surface area contributed by atoms with Crippen molar-refractivity contribution in [1.82, 2.24) is 0 Å². The second-order valence-electron chi connectivity index (χ2n) is 11.5. The molecule has 2 saturated carbocycles. The molecular formula is C34H46F2. The summed E-state index contributed by atoms with van der Waals surface area (Å²) in [6.07, 6.45) is 25.8. The highest BCUT2D eigenvalue weighted by atomic mass is 19.2. The van der Waals surface area contributed by atoms with E-state index in [9.17, 15) is 8.78 Å². The molecule has 2 aliphatic carbocycles. The fourth-order valence-electron chi connectivity index (χ4n) is 6.76. The smallest absolute Gasteiger partial charge is 0.166 e. The Morgan fingerprint density at radius 1 is 0.806 bits per heavy atom. The molecule has 0 N–H and O–H groups in total. The van der Waals surface area contributed by atoms with Gasteiger partial charge in [-0.2, -0.15) is 0 Å². The molecule has 2 aliphatic rings. The Morgan fingerprint density at radius 3 is 2.22 bits per heavy atom. The lowest BCUT2D eigenvalue weighted by Crippen LogP contribution is -2.25. The number of rotatable bonds is 10.